The summed E-state index contributed by atoms with van der Waals surface area (Å²) in [6.07, 6.45) is 2.34. The number of hydrogen-bond donors (Lipinski definition) is 2. The Morgan fingerprint density at radius 1 is 1.43 bits per heavy atom. The van der Waals surface area contributed by atoms with Crippen LogP contribution in [0.5, 0.6) is 0 Å². The number of halogens is 1. The molecule has 0 spiro atoms. The average molecular weight is 191 g/mol. The van der Waals surface area contributed by atoms with Crippen LogP contribution in [0.4, 0.5) is 10.1 Å². The van der Waals surface area contributed by atoms with E-state index in [1.807, 2.05) is 0 Å². The van der Waals surface area contributed by atoms with E-state index in [1.165, 1.54) is 25.0 Å². The van der Waals surface area contributed by atoms with Crippen LogP contribution in [-0.2, 0) is 0 Å². The third kappa shape index (κ3) is 1.07. The number of hydrogen-bond acceptors (Lipinski definition) is 2. The molecule has 0 amide bonds. The molecule has 1 heterocycles. The van der Waals surface area contributed by atoms with Gasteiger partial charge >= 0.3 is 0 Å². The van der Waals surface area contributed by atoms with Gasteiger partial charge < -0.3 is 10.7 Å². The van der Waals surface area contributed by atoms with Gasteiger partial charge in [-0.3, -0.25) is 0 Å². The smallest absolute Gasteiger partial charge is 0.127 e. The molecule has 1 aromatic carbocycles. The minimum Gasteiger partial charge on any atom is -0.397 e. The predicted octanol–water partition coefficient (Wildman–Crippen LogP) is 2.16. The summed E-state index contributed by atoms with van der Waals surface area (Å²) >= 11 is 0. The first-order valence-electron chi connectivity index (χ1n) is 4.68. The van der Waals surface area contributed by atoms with Crippen LogP contribution in [0.25, 0.3) is 11.0 Å². The first-order valence-corrected chi connectivity index (χ1v) is 4.68. The van der Waals surface area contributed by atoms with Crippen molar-refractivity contribution in [2.75, 3.05) is 5.73 Å². The molecule has 3 N–H and O–H groups in total. The molecule has 1 aromatic heterocycles. The van der Waals surface area contributed by atoms with E-state index in [-0.39, 0.29) is 5.82 Å². The Kier molecular flexibility index (Phi) is 1.37. The predicted molar refractivity (Wildman–Crippen MR) is 52.4 cm³/mol. The zero-order valence-electron chi connectivity index (χ0n) is 7.55. The fraction of sp³-hybridized carbons (Fsp3) is 0.300. The topological polar surface area (TPSA) is 54.7 Å². The standard InChI is InChI=1S/C10H10FN3/c11-6-3-7(12)9-8(4-6)13-10(14-9)5-1-2-5/h3-5H,1-2,12H2,(H,13,14). The Morgan fingerprint density at radius 3 is 2.93 bits per heavy atom. The van der Waals surface area contributed by atoms with E-state index >= 15 is 0 Å². The number of imidazole rings is 1. The van der Waals surface area contributed by atoms with E-state index in [0.717, 1.165) is 5.82 Å². The van der Waals surface area contributed by atoms with E-state index in [2.05, 4.69) is 9.97 Å². The highest BCUT2D eigenvalue weighted by Crippen LogP contribution is 2.39. The number of H-pyrrole nitrogens is 1. The van der Waals surface area contributed by atoms with Gasteiger partial charge in [-0.05, 0) is 25.0 Å². The minimum absolute atomic E-state index is 0.319. The van der Waals surface area contributed by atoms with Crippen LogP contribution < -0.4 is 5.73 Å². The highest BCUT2D eigenvalue weighted by atomic mass is 19.1. The monoisotopic (exact) mass is 191 g/mol. The van der Waals surface area contributed by atoms with Crippen molar-refractivity contribution in [3.05, 3.63) is 23.8 Å². The van der Waals surface area contributed by atoms with Crippen molar-refractivity contribution in [3.63, 3.8) is 0 Å². The van der Waals surface area contributed by atoms with Crippen molar-refractivity contribution in [1.82, 2.24) is 9.97 Å². The van der Waals surface area contributed by atoms with Gasteiger partial charge in [0.1, 0.15) is 17.2 Å². The summed E-state index contributed by atoms with van der Waals surface area (Å²) in [6.45, 7) is 0. The largest absolute Gasteiger partial charge is 0.397 e. The van der Waals surface area contributed by atoms with Crippen LogP contribution in [0.1, 0.15) is 24.6 Å². The maximum atomic E-state index is 13.0. The summed E-state index contributed by atoms with van der Waals surface area (Å²) in [5.41, 5.74) is 7.46. The van der Waals surface area contributed by atoms with Gasteiger partial charge in [0, 0.05) is 5.92 Å². The fourth-order valence-electron chi connectivity index (χ4n) is 1.68. The molecule has 14 heavy (non-hydrogen) atoms. The van der Waals surface area contributed by atoms with Crippen LogP contribution in [0.2, 0.25) is 0 Å². The fourth-order valence-corrected chi connectivity index (χ4v) is 1.68. The summed E-state index contributed by atoms with van der Waals surface area (Å²) in [7, 11) is 0. The molecule has 2 aromatic rings. The molecule has 0 saturated heterocycles. The molecular formula is C10H10FN3. The SMILES string of the molecule is Nc1cc(F)cc2[nH]c(C3CC3)nc12. The number of benzene rings is 1. The van der Waals surface area contributed by atoms with Gasteiger partial charge in [0.2, 0.25) is 0 Å². The Morgan fingerprint density at radius 2 is 2.21 bits per heavy atom. The van der Waals surface area contributed by atoms with Crippen LogP contribution in [-0.4, -0.2) is 9.97 Å². The molecule has 0 atom stereocenters. The summed E-state index contributed by atoms with van der Waals surface area (Å²) in [6, 6.07) is 2.74. The molecule has 3 nitrogen and oxygen atoms in total. The second-order valence-corrected chi connectivity index (χ2v) is 3.79. The van der Waals surface area contributed by atoms with Gasteiger partial charge in [-0.2, -0.15) is 0 Å². The van der Waals surface area contributed by atoms with Gasteiger partial charge in [0.15, 0.2) is 0 Å². The van der Waals surface area contributed by atoms with Crippen LogP contribution >= 0.6 is 0 Å². The molecule has 4 heteroatoms. The zero-order valence-corrected chi connectivity index (χ0v) is 7.55. The van der Waals surface area contributed by atoms with Crippen molar-refractivity contribution < 1.29 is 4.39 Å². The summed E-state index contributed by atoms with van der Waals surface area (Å²) in [5.74, 6) is 1.16. The average Bonchev–Trinajstić information content (AvgIpc) is 2.87. The number of nitrogens with one attached hydrogen (secondary N) is 1. The molecule has 72 valence electrons. The zero-order chi connectivity index (χ0) is 9.71. The molecule has 0 bridgehead atoms. The number of nitrogen functional groups attached to an aromatic ring is 1. The number of fused-ring (bicyclic) bond motifs is 1. The van der Waals surface area contributed by atoms with Crippen LogP contribution in [0.15, 0.2) is 12.1 Å². The maximum Gasteiger partial charge on any atom is 0.127 e. The number of nitrogens with zero attached hydrogens (tertiary/aromatic N) is 1. The van der Waals surface area contributed by atoms with E-state index in [9.17, 15) is 4.39 Å². The van der Waals surface area contributed by atoms with Crippen LogP contribution in [0.3, 0.4) is 0 Å². The van der Waals surface area contributed by atoms with Crippen LogP contribution in [0, 0.1) is 5.82 Å². The highest BCUT2D eigenvalue weighted by Gasteiger charge is 2.27. The first kappa shape index (κ1) is 7.79. The second-order valence-electron chi connectivity index (χ2n) is 3.79. The molecule has 1 aliphatic rings. The molecule has 1 saturated carbocycles. The molecule has 0 aliphatic heterocycles. The Balaban J connectivity index is 2.26. The molecule has 3 rings (SSSR count). The molecular weight excluding hydrogens is 181 g/mol. The van der Waals surface area contributed by atoms with Gasteiger partial charge in [0.25, 0.3) is 0 Å². The van der Waals surface area contributed by atoms with Crippen molar-refractivity contribution >= 4 is 16.7 Å². The Bertz CT molecular complexity index is 499. The summed E-state index contributed by atoms with van der Waals surface area (Å²) < 4.78 is 13.0. The maximum absolute atomic E-state index is 13.0. The van der Waals surface area contributed by atoms with Crippen molar-refractivity contribution in [3.8, 4) is 0 Å². The first-order chi connectivity index (χ1) is 6.74. The molecule has 0 unspecified atom stereocenters. The number of rotatable bonds is 1. The molecule has 1 aliphatic carbocycles. The number of nitrogens with two attached hydrogens (primary N) is 1. The van der Waals surface area contributed by atoms with Gasteiger partial charge in [-0.1, -0.05) is 0 Å². The van der Waals surface area contributed by atoms with Gasteiger partial charge in [-0.25, -0.2) is 9.37 Å². The Labute approximate surface area is 80.1 Å². The molecule has 1 fully saturated rings. The number of aromatic amines is 1. The quantitative estimate of drug-likeness (QED) is 0.678. The normalized spacial score (nSPS) is 16.4. The van der Waals surface area contributed by atoms with E-state index < -0.39 is 0 Å². The summed E-state index contributed by atoms with van der Waals surface area (Å²) in [4.78, 5) is 7.48. The lowest BCUT2D eigenvalue weighted by Crippen LogP contribution is -1.88. The van der Waals surface area contributed by atoms with Gasteiger partial charge in [-0.15, -0.1) is 0 Å². The third-order valence-electron chi connectivity index (χ3n) is 2.56. The highest BCUT2D eigenvalue weighted by molar-refractivity contribution is 5.87. The number of anilines is 1. The summed E-state index contributed by atoms with van der Waals surface area (Å²) in [5, 5.41) is 0. The van der Waals surface area contributed by atoms with Crippen molar-refractivity contribution in [2.24, 2.45) is 0 Å². The van der Waals surface area contributed by atoms with E-state index in [4.69, 9.17) is 5.73 Å². The second kappa shape index (κ2) is 2.47. The lowest BCUT2D eigenvalue weighted by atomic mass is 10.2. The van der Waals surface area contributed by atoms with Gasteiger partial charge in [0.05, 0.1) is 11.2 Å². The van der Waals surface area contributed by atoms with Crippen molar-refractivity contribution in [1.29, 1.82) is 0 Å². The Hall–Kier alpha value is -1.58. The number of aromatic nitrogens is 2. The van der Waals surface area contributed by atoms with Crippen molar-refractivity contribution in [2.45, 2.75) is 18.8 Å². The minimum atomic E-state index is -0.319. The van der Waals surface area contributed by atoms with E-state index in [0.29, 0.717) is 22.6 Å². The van der Waals surface area contributed by atoms with E-state index in [1.54, 1.807) is 0 Å². The third-order valence-corrected chi connectivity index (χ3v) is 2.56. The lowest BCUT2D eigenvalue weighted by Gasteiger charge is -1.93. The lowest BCUT2D eigenvalue weighted by molar-refractivity contribution is 0.630. The molecule has 0 radical (unpaired) electrons.